The molecule has 3 fully saturated rings. The number of amides is 2. The molecule has 3 saturated heterocycles. The minimum absolute atomic E-state index is 0.0303. The minimum Gasteiger partial charge on any atom is -0.465 e. The van der Waals surface area contributed by atoms with E-state index in [1.54, 1.807) is 40.6 Å². The molecule has 0 radical (unpaired) electrons. The number of hydrogen-bond donors (Lipinski definition) is 1. The number of aliphatic hydroxyl groups is 1. The Balaban J connectivity index is 1.81. The van der Waals surface area contributed by atoms with Crippen molar-refractivity contribution in [2.24, 2.45) is 17.8 Å². The van der Waals surface area contributed by atoms with Gasteiger partial charge in [0.15, 0.2) is 0 Å². The van der Waals surface area contributed by atoms with Gasteiger partial charge in [0.1, 0.15) is 6.04 Å². The van der Waals surface area contributed by atoms with E-state index >= 15 is 0 Å². The smallest absolute Gasteiger partial charge is 0.310 e. The molecule has 8 heteroatoms. The molecular weight excluding hydrogens is 488 g/mol. The first-order valence-corrected chi connectivity index (χ1v) is 13.9. The Bertz CT molecular complexity index is 1110. The third-order valence-electron chi connectivity index (χ3n) is 8.23. The molecule has 1 spiro atoms. The van der Waals surface area contributed by atoms with Crippen LogP contribution in [0.4, 0.5) is 5.69 Å². The van der Waals surface area contributed by atoms with E-state index in [2.05, 4.69) is 20.1 Å². The lowest BCUT2D eigenvalue weighted by Crippen LogP contribution is -2.59. The number of esters is 1. The number of fused-ring (bicyclic) bond motifs is 1. The van der Waals surface area contributed by atoms with E-state index < -0.39 is 28.7 Å². The summed E-state index contributed by atoms with van der Waals surface area (Å²) < 4.78 is 4.78. The van der Waals surface area contributed by atoms with Crippen molar-refractivity contribution in [3.63, 3.8) is 0 Å². The van der Waals surface area contributed by atoms with Crippen LogP contribution in [0, 0.1) is 31.6 Å². The van der Waals surface area contributed by atoms with Gasteiger partial charge < -0.3 is 19.6 Å². The average Bonchev–Trinajstić information content (AvgIpc) is 3.47. The molecule has 3 heterocycles. The molecule has 1 aromatic rings. The Hall–Kier alpha value is -2.58. The van der Waals surface area contributed by atoms with E-state index in [4.69, 9.17) is 4.74 Å². The molecule has 2 amide bonds. The monoisotopic (exact) mass is 526 g/mol. The van der Waals surface area contributed by atoms with E-state index in [9.17, 15) is 19.5 Å². The zero-order chi connectivity index (χ0) is 27.1. The number of carbonyl (C=O) groups excluding carboxylic acids is 3. The van der Waals surface area contributed by atoms with Crippen LogP contribution in [-0.4, -0.2) is 69.6 Å². The summed E-state index contributed by atoms with van der Waals surface area (Å²) in [4.78, 5) is 45.2. The maximum atomic E-state index is 14.6. The van der Waals surface area contributed by atoms with Crippen molar-refractivity contribution in [2.45, 2.75) is 62.6 Å². The topological polar surface area (TPSA) is 87.1 Å². The Morgan fingerprint density at radius 3 is 2.70 bits per heavy atom. The van der Waals surface area contributed by atoms with Gasteiger partial charge in [-0.2, -0.15) is 0 Å². The molecule has 3 aliphatic heterocycles. The van der Waals surface area contributed by atoms with Gasteiger partial charge in [-0.3, -0.25) is 14.4 Å². The van der Waals surface area contributed by atoms with Crippen molar-refractivity contribution in [1.29, 1.82) is 0 Å². The number of aryl methyl sites for hydroxylation is 2. The molecule has 200 valence electrons. The minimum atomic E-state index is -0.817. The standard InChI is InChI=1S/C29H38N2O5S/c1-7-9-13-36-28(35)23-22-15-19(5)29(37-22)24(23)26(33)31(20(6)16-32)25(29)27(34)30(12-8-2)21-14-17(3)10-11-18(21)4/h7-8,10-11,14,19-20,22-25,32H,1-2,9,12-13,15-16H2,3-6H3/t19?,20-,22-,23+,24+,25?,29?/m1/s1. The van der Waals surface area contributed by atoms with E-state index in [1.165, 1.54) is 0 Å². The van der Waals surface area contributed by atoms with Gasteiger partial charge in [0, 0.05) is 17.5 Å². The maximum Gasteiger partial charge on any atom is 0.310 e. The van der Waals surface area contributed by atoms with Gasteiger partial charge in [0.2, 0.25) is 5.91 Å². The van der Waals surface area contributed by atoms with Gasteiger partial charge in [0.25, 0.3) is 5.91 Å². The van der Waals surface area contributed by atoms with Crippen molar-refractivity contribution in [3.8, 4) is 0 Å². The molecule has 37 heavy (non-hydrogen) atoms. The normalized spacial score (nSPS) is 30.7. The maximum absolute atomic E-state index is 14.6. The summed E-state index contributed by atoms with van der Waals surface area (Å²) >= 11 is 1.60. The number of aliphatic hydroxyl groups excluding tert-OH is 1. The highest BCUT2D eigenvalue weighted by Gasteiger charge is 2.77. The van der Waals surface area contributed by atoms with Crippen molar-refractivity contribution in [3.05, 3.63) is 54.6 Å². The van der Waals surface area contributed by atoms with Crippen LogP contribution in [0.5, 0.6) is 0 Å². The summed E-state index contributed by atoms with van der Waals surface area (Å²) in [6.45, 7) is 15.6. The molecule has 4 rings (SSSR count). The molecule has 3 unspecified atom stereocenters. The van der Waals surface area contributed by atoms with Gasteiger partial charge in [-0.15, -0.1) is 24.9 Å². The lowest BCUT2D eigenvalue weighted by atomic mass is 9.66. The summed E-state index contributed by atoms with van der Waals surface area (Å²) in [6, 6.07) is 4.57. The summed E-state index contributed by atoms with van der Waals surface area (Å²) in [7, 11) is 0. The highest BCUT2D eigenvalue weighted by atomic mass is 32.2. The predicted molar refractivity (Wildman–Crippen MR) is 146 cm³/mol. The Morgan fingerprint density at radius 2 is 2.05 bits per heavy atom. The fourth-order valence-corrected chi connectivity index (χ4v) is 8.89. The van der Waals surface area contributed by atoms with Crippen LogP contribution < -0.4 is 4.90 Å². The molecule has 2 bridgehead atoms. The Kier molecular flexibility index (Phi) is 7.91. The number of likely N-dealkylation sites (tertiary alicyclic amines) is 1. The molecule has 7 nitrogen and oxygen atoms in total. The highest BCUT2D eigenvalue weighted by molar-refractivity contribution is 8.02. The van der Waals surface area contributed by atoms with Crippen molar-refractivity contribution in [2.75, 3.05) is 24.7 Å². The number of carbonyl (C=O) groups is 3. The van der Waals surface area contributed by atoms with Crippen LogP contribution in [0.1, 0.15) is 37.8 Å². The average molecular weight is 527 g/mol. The fraction of sp³-hybridized carbons (Fsp3) is 0.552. The van der Waals surface area contributed by atoms with E-state index in [0.29, 0.717) is 6.42 Å². The molecule has 3 aliphatic rings. The number of ether oxygens (including phenoxy) is 1. The number of anilines is 1. The number of rotatable bonds is 10. The second-order valence-electron chi connectivity index (χ2n) is 10.6. The summed E-state index contributed by atoms with van der Waals surface area (Å²) in [5, 5.41) is 10.0. The first kappa shape index (κ1) is 27.5. The molecule has 0 aliphatic carbocycles. The van der Waals surface area contributed by atoms with Gasteiger partial charge in [0.05, 0.1) is 35.8 Å². The molecule has 7 atom stereocenters. The zero-order valence-corrected chi connectivity index (χ0v) is 23.0. The van der Waals surface area contributed by atoms with Crippen LogP contribution in [0.3, 0.4) is 0 Å². The van der Waals surface area contributed by atoms with Gasteiger partial charge in [-0.25, -0.2) is 0 Å². The quantitative estimate of drug-likeness (QED) is 0.285. The van der Waals surface area contributed by atoms with Crippen LogP contribution in [0.2, 0.25) is 0 Å². The van der Waals surface area contributed by atoms with Gasteiger partial charge in [-0.05, 0) is 56.7 Å². The fourth-order valence-electron chi connectivity index (χ4n) is 6.50. The predicted octanol–water partition coefficient (Wildman–Crippen LogP) is 3.66. The Morgan fingerprint density at radius 1 is 1.32 bits per heavy atom. The lowest BCUT2D eigenvalue weighted by Gasteiger charge is -2.41. The zero-order valence-electron chi connectivity index (χ0n) is 22.2. The third kappa shape index (κ3) is 4.32. The first-order chi connectivity index (χ1) is 17.6. The number of hydrogen-bond acceptors (Lipinski definition) is 6. The van der Waals surface area contributed by atoms with Gasteiger partial charge >= 0.3 is 5.97 Å². The summed E-state index contributed by atoms with van der Waals surface area (Å²) in [5.41, 5.74) is 2.74. The van der Waals surface area contributed by atoms with Crippen LogP contribution in [0.25, 0.3) is 0 Å². The summed E-state index contributed by atoms with van der Waals surface area (Å²) in [6.07, 6.45) is 4.64. The Labute approximate surface area is 223 Å². The SMILES string of the molecule is C=CCCOC(=O)[C@@H]1[C@H]2C(=O)N([C@H](C)CO)C(C(=O)N(CC=C)c3cc(C)ccc3C)C23S[C@@H]1CC3C. The first-order valence-electron chi connectivity index (χ1n) is 13.0. The molecular formula is C29H38N2O5S. The third-order valence-corrected chi connectivity index (χ3v) is 10.3. The van der Waals surface area contributed by atoms with Crippen LogP contribution in [-0.2, 0) is 19.1 Å². The largest absolute Gasteiger partial charge is 0.465 e. The van der Waals surface area contributed by atoms with E-state index in [-0.39, 0.29) is 48.7 Å². The van der Waals surface area contributed by atoms with E-state index in [0.717, 1.165) is 23.2 Å². The van der Waals surface area contributed by atoms with Crippen LogP contribution >= 0.6 is 11.8 Å². The molecule has 0 aromatic heterocycles. The van der Waals surface area contributed by atoms with Crippen molar-refractivity contribution in [1.82, 2.24) is 4.90 Å². The van der Waals surface area contributed by atoms with Gasteiger partial charge in [-0.1, -0.05) is 31.2 Å². The highest BCUT2D eigenvalue weighted by Crippen LogP contribution is 2.69. The van der Waals surface area contributed by atoms with Crippen LogP contribution in [0.15, 0.2) is 43.5 Å². The molecule has 0 saturated carbocycles. The summed E-state index contributed by atoms with van der Waals surface area (Å²) in [5.74, 6) is -2.08. The second kappa shape index (κ2) is 10.7. The number of nitrogens with zero attached hydrogens (tertiary/aromatic N) is 2. The number of benzene rings is 1. The van der Waals surface area contributed by atoms with Crippen molar-refractivity contribution < 1.29 is 24.2 Å². The lowest BCUT2D eigenvalue weighted by molar-refractivity contribution is -0.154. The van der Waals surface area contributed by atoms with E-state index in [1.807, 2.05) is 32.0 Å². The molecule has 1 N–H and O–H groups in total. The number of thioether (sulfide) groups is 1. The molecule has 1 aromatic carbocycles. The van der Waals surface area contributed by atoms with Crippen molar-refractivity contribution >= 4 is 35.2 Å². The second-order valence-corrected chi connectivity index (χ2v) is 12.2.